The Balaban J connectivity index is 0.00000259. The number of aromatic nitrogens is 2. The molecule has 6 nitrogen and oxygen atoms in total. The van der Waals surface area contributed by atoms with Gasteiger partial charge in [0.1, 0.15) is 23.0 Å². The van der Waals surface area contributed by atoms with Gasteiger partial charge in [-0.15, -0.1) is 25.6 Å². The number of hydrogen-bond acceptors (Lipinski definition) is 4. The summed E-state index contributed by atoms with van der Waals surface area (Å²) in [5.41, 5.74) is 0.522. The number of carbonyl (C=O) groups is 1. The van der Waals surface area contributed by atoms with E-state index in [4.69, 9.17) is 4.74 Å². The minimum Gasteiger partial charge on any atom is -0.441 e. The van der Waals surface area contributed by atoms with Crippen LogP contribution in [0.3, 0.4) is 0 Å². The number of hydrogen-bond donors (Lipinski definition) is 1. The number of nitrogens with zero attached hydrogens (tertiary/aromatic N) is 2. The maximum absolute atomic E-state index is 14.1. The predicted octanol–water partition coefficient (Wildman–Crippen LogP) is 6.08. The van der Waals surface area contributed by atoms with Crippen LogP contribution in [0.25, 0.3) is 11.0 Å². The van der Waals surface area contributed by atoms with Crippen molar-refractivity contribution in [3.05, 3.63) is 54.1 Å². The van der Waals surface area contributed by atoms with Crippen LogP contribution in [-0.4, -0.2) is 34.6 Å². The molecule has 0 radical (unpaired) electrons. The molecule has 0 unspecified atom stereocenters. The standard InChI is InChI=1S/C22H19F4N3O3.ClH/c23-15-3-1-2-4-18(15)29-12-21(32-20(29)30)9-7-13(8-10-21)19-27-16-6-5-14(11-17(16)28-19)31-22(24,25)26;/h1-6,11,13H,7-10,12H2,(H,27,28);1H/t13-,21-;. The zero-order chi connectivity index (χ0) is 22.5. The largest absolute Gasteiger partial charge is 0.573 e. The van der Waals surface area contributed by atoms with Crippen molar-refractivity contribution in [1.29, 1.82) is 0 Å². The van der Waals surface area contributed by atoms with Crippen LogP contribution in [0.15, 0.2) is 42.5 Å². The third-order valence-corrected chi connectivity index (χ3v) is 6.10. The number of fused-ring (bicyclic) bond motifs is 1. The van der Waals surface area contributed by atoms with Crippen LogP contribution in [0.5, 0.6) is 5.75 Å². The van der Waals surface area contributed by atoms with E-state index in [1.165, 1.54) is 29.2 Å². The van der Waals surface area contributed by atoms with Crippen LogP contribution in [0.2, 0.25) is 0 Å². The highest BCUT2D eigenvalue weighted by molar-refractivity contribution is 5.90. The van der Waals surface area contributed by atoms with Crippen LogP contribution in [0.1, 0.15) is 37.4 Å². The maximum atomic E-state index is 14.1. The molecule has 33 heavy (non-hydrogen) atoms. The lowest BCUT2D eigenvalue weighted by Gasteiger charge is -2.34. The first-order valence-electron chi connectivity index (χ1n) is 10.2. The van der Waals surface area contributed by atoms with Gasteiger partial charge in [0.25, 0.3) is 0 Å². The molecular weight excluding hydrogens is 466 g/mol. The van der Waals surface area contributed by atoms with Gasteiger partial charge in [0.05, 0.1) is 23.3 Å². The van der Waals surface area contributed by atoms with Gasteiger partial charge in [-0.1, -0.05) is 12.1 Å². The van der Waals surface area contributed by atoms with E-state index in [2.05, 4.69) is 14.7 Å². The molecule has 11 heteroatoms. The first-order chi connectivity index (χ1) is 15.2. The summed E-state index contributed by atoms with van der Waals surface area (Å²) in [5.74, 6) is -0.0846. The highest BCUT2D eigenvalue weighted by Gasteiger charge is 2.48. The van der Waals surface area contributed by atoms with E-state index in [-0.39, 0.29) is 36.3 Å². The van der Waals surface area contributed by atoms with Gasteiger partial charge in [-0.2, -0.15) is 0 Å². The SMILES string of the molecule is Cl.O=C1O[C@]2(CC[C@H](c3nc4cc(OC(F)(F)F)ccc4[nH]3)CC2)CN1c1ccccc1F. The van der Waals surface area contributed by atoms with Crippen molar-refractivity contribution < 1.29 is 31.8 Å². The summed E-state index contributed by atoms with van der Waals surface area (Å²) >= 11 is 0. The third kappa shape index (κ3) is 4.57. The Morgan fingerprint density at radius 3 is 2.58 bits per heavy atom. The molecule has 1 saturated carbocycles. The Hall–Kier alpha value is -3.01. The molecule has 1 aliphatic carbocycles. The first-order valence-corrected chi connectivity index (χ1v) is 10.2. The number of imidazole rings is 1. The molecule has 0 atom stereocenters. The molecular formula is C22H20ClF4N3O3. The van der Waals surface area contributed by atoms with Crippen molar-refractivity contribution in [3.8, 4) is 5.75 Å². The Morgan fingerprint density at radius 1 is 1.15 bits per heavy atom. The van der Waals surface area contributed by atoms with Crippen molar-refractivity contribution in [1.82, 2.24) is 9.97 Å². The lowest BCUT2D eigenvalue weighted by Crippen LogP contribution is -2.38. The Morgan fingerprint density at radius 2 is 1.88 bits per heavy atom. The van der Waals surface area contributed by atoms with E-state index < -0.39 is 23.9 Å². The number of ether oxygens (including phenoxy) is 2. The molecule has 2 heterocycles. The normalized spacial score (nSPS) is 23.0. The van der Waals surface area contributed by atoms with E-state index in [1.54, 1.807) is 18.2 Å². The van der Waals surface area contributed by atoms with E-state index in [0.717, 1.165) is 0 Å². The van der Waals surface area contributed by atoms with Gasteiger partial charge in [-0.05, 0) is 49.9 Å². The number of carbonyl (C=O) groups excluding carboxylic acids is 1. The van der Waals surface area contributed by atoms with Gasteiger partial charge >= 0.3 is 12.5 Å². The molecule has 1 saturated heterocycles. The molecule has 1 aromatic heterocycles. The number of H-pyrrole nitrogens is 1. The van der Waals surface area contributed by atoms with Gasteiger partial charge in [-0.25, -0.2) is 14.2 Å². The minimum absolute atomic E-state index is 0. The fourth-order valence-corrected chi connectivity index (χ4v) is 4.55. The van der Waals surface area contributed by atoms with Crippen LogP contribution in [0, 0.1) is 5.82 Å². The summed E-state index contributed by atoms with van der Waals surface area (Å²) in [4.78, 5) is 21.4. The second-order valence-corrected chi connectivity index (χ2v) is 8.21. The molecule has 2 aromatic carbocycles. The number of anilines is 1. The molecule has 1 aliphatic heterocycles. The van der Waals surface area contributed by atoms with Crippen LogP contribution >= 0.6 is 12.4 Å². The summed E-state index contributed by atoms with van der Waals surface area (Å²) in [6.07, 6.45) is -2.83. The summed E-state index contributed by atoms with van der Waals surface area (Å²) in [5, 5.41) is 0. The zero-order valence-electron chi connectivity index (χ0n) is 17.2. The van der Waals surface area contributed by atoms with Crippen molar-refractivity contribution in [3.63, 3.8) is 0 Å². The fourth-order valence-electron chi connectivity index (χ4n) is 4.55. The summed E-state index contributed by atoms with van der Waals surface area (Å²) in [6.45, 7) is 0.276. The Labute approximate surface area is 192 Å². The number of aromatic amines is 1. The monoisotopic (exact) mass is 485 g/mol. The molecule has 2 fully saturated rings. The molecule has 1 spiro atoms. The van der Waals surface area contributed by atoms with Crippen molar-refractivity contribution >= 4 is 35.2 Å². The average molecular weight is 486 g/mol. The molecule has 3 aromatic rings. The van der Waals surface area contributed by atoms with Crippen molar-refractivity contribution in [2.75, 3.05) is 11.4 Å². The maximum Gasteiger partial charge on any atom is 0.573 e. The van der Waals surface area contributed by atoms with Gasteiger partial charge in [0.2, 0.25) is 0 Å². The highest BCUT2D eigenvalue weighted by Crippen LogP contribution is 2.44. The van der Waals surface area contributed by atoms with Gasteiger partial charge in [0, 0.05) is 12.0 Å². The van der Waals surface area contributed by atoms with Gasteiger partial charge < -0.3 is 14.5 Å². The highest BCUT2D eigenvalue weighted by atomic mass is 35.5. The third-order valence-electron chi connectivity index (χ3n) is 6.10. The first kappa shape index (κ1) is 23.2. The molecule has 5 rings (SSSR count). The predicted molar refractivity (Wildman–Crippen MR) is 114 cm³/mol. The van der Waals surface area contributed by atoms with E-state index >= 15 is 0 Å². The smallest absolute Gasteiger partial charge is 0.441 e. The van der Waals surface area contributed by atoms with Crippen LogP contribution < -0.4 is 9.64 Å². The van der Waals surface area contributed by atoms with Gasteiger partial charge in [-0.3, -0.25) is 4.90 Å². The Bertz CT molecular complexity index is 1180. The Kier molecular flexibility index (Phi) is 5.90. The number of nitrogens with one attached hydrogen (secondary N) is 1. The second-order valence-electron chi connectivity index (χ2n) is 8.21. The average Bonchev–Trinajstić information content (AvgIpc) is 3.28. The lowest BCUT2D eigenvalue weighted by molar-refractivity contribution is -0.274. The van der Waals surface area contributed by atoms with Crippen molar-refractivity contribution in [2.45, 2.75) is 43.6 Å². The number of benzene rings is 2. The summed E-state index contributed by atoms with van der Waals surface area (Å²) in [6, 6.07) is 10.1. The minimum atomic E-state index is -4.76. The molecule has 176 valence electrons. The molecule has 1 N–H and O–H groups in total. The summed E-state index contributed by atoms with van der Waals surface area (Å²) < 4.78 is 61.2. The number of halogens is 5. The quantitative estimate of drug-likeness (QED) is 0.457. The van der Waals surface area contributed by atoms with E-state index in [9.17, 15) is 22.4 Å². The second kappa shape index (κ2) is 8.40. The van der Waals surface area contributed by atoms with E-state index in [0.29, 0.717) is 42.5 Å². The van der Waals surface area contributed by atoms with Crippen LogP contribution in [0.4, 0.5) is 28.0 Å². The van der Waals surface area contributed by atoms with Crippen molar-refractivity contribution in [2.24, 2.45) is 0 Å². The number of para-hydroxylation sites is 1. The van der Waals surface area contributed by atoms with Crippen LogP contribution in [-0.2, 0) is 4.74 Å². The van der Waals surface area contributed by atoms with E-state index in [1.807, 2.05) is 0 Å². The van der Waals surface area contributed by atoms with Gasteiger partial charge in [0.15, 0.2) is 0 Å². The number of rotatable bonds is 3. The topological polar surface area (TPSA) is 67.5 Å². The number of alkyl halides is 3. The fraction of sp³-hybridized carbons (Fsp3) is 0.364. The molecule has 2 aliphatic rings. The number of amides is 1. The lowest BCUT2D eigenvalue weighted by atomic mass is 9.78. The molecule has 0 bridgehead atoms. The molecule has 1 amide bonds. The zero-order valence-corrected chi connectivity index (χ0v) is 18.0. The summed E-state index contributed by atoms with van der Waals surface area (Å²) in [7, 11) is 0.